The molecule has 0 aliphatic heterocycles. The molecule has 0 atom stereocenters. The van der Waals surface area contributed by atoms with Crippen LogP contribution in [0.5, 0.6) is 5.75 Å². The molecule has 1 aromatic carbocycles. The molecule has 5 heteroatoms. The summed E-state index contributed by atoms with van der Waals surface area (Å²) in [4.78, 5) is 10.2. The molecule has 0 N–H and O–H groups in total. The zero-order chi connectivity index (χ0) is 10.6. The molecular formula is C9H7F3O2. The number of benzene rings is 1. The summed E-state index contributed by atoms with van der Waals surface area (Å²) in [6.45, 7) is 0. The van der Waals surface area contributed by atoms with Crippen molar-refractivity contribution in [2.24, 2.45) is 0 Å². The van der Waals surface area contributed by atoms with Crippen molar-refractivity contribution >= 4 is 6.29 Å². The maximum absolute atomic E-state index is 11.9. The highest BCUT2D eigenvalue weighted by molar-refractivity contribution is 5.57. The van der Waals surface area contributed by atoms with Crippen LogP contribution >= 0.6 is 0 Å². The molecule has 76 valence electrons. The molecule has 0 bridgehead atoms. The van der Waals surface area contributed by atoms with Crippen LogP contribution in [-0.2, 0) is 11.2 Å². The van der Waals surface area contributed by atoms with Crippen LogP contribution in [0.4, 0.5) is 13.2 Å². The second-order valence-corrected chi connectivity index (χ2v) is 2.53. The summed E-state index contributed by atoms with van der Waals surface area (Å²) in [6.07, 6.45) is -4.29. The first-order valence-electron chi connectivity index (χ1n) is 3.80. The van der Waals surface area contributed by atoms with Gasteiger partial charge in [-0.05, 0) is 6.07 Å². The summed E-state index contributed by atoms with van der Waals surface area (Å²) in [5.41, 5.74) is 0.222. The molecule has 0 unspecified atom stereocenters. The highest BCUT2D eigenvalue weighted by Crippen LogP contribution is 2.25. The van der Waals surface area contributed by atoms with E-state index in [1.165, 1.54) is 18.2 Å². The lowest BCUT2D eigenvalue weighted by Crippen LogP contribution is -2.18. The van der Waals surface area contributed by atoms with E-state index in [1.54, 1.807) is 6.07 Å². The summed E-state index contributed by atoms with van der Waals surface area (Å²) in [5, 5.41) is 0. The molecule has 0 radical (unpaired) electrons. The van der Waals surface area contributed by atoms with Gasteiger partial charge in [0.25, 0.3) is 0 Å². The van der Waals surface area contributed by atoms with Gasteiger partial charge >= 0.3 is 6.36 Å². The maximum Gasteiger partial charge on any atom is 0.573 e. The zero-order valence-corrected chi connectivity index (χ0v) is 7.04. The summed E-state index contributed by atoms with van der Waals surface area (Å²) in [5.74, 6) is -0.327. The van der Waals surface area contributed by atoms with Crippen LogP contribution in [0.25, 0.3) is 0 Å². The molecule has 0 spiro atoms. The number of aldehydes is 1. The van der Waals surface area contributed by atoms with Gasteiger partial charge in [0.15, 0.2) is 0 Å². The fourth-order valence-electron chi connectivity index (χ4n) is 0.986. The summed E-state index contributed by atoms with van der Waals surface area (Å²) in [7, 11) is 0. The van der Waals surface area contributed by atoms with Gasteiger partial charge in [-0.3, -0.25) is 0 Å². The van der Waals surface area contributed by atoms with Gasteiger partial charge in [0.05, 0.1) is 0 Å². The van der Waals surface area contributed by atoms with E-state index >= 15 is 0 Å². The average molecular weight is 204 g/mol. The number of alkyl halides is 3. The molecule has 0 aliphatic rings. The number of rotatable bonds is 3. The van der Waals surface area contributed by atoms with Gasteiger partial charge in [-0.25, -0.2) is 0 Å². The van der Waals surface area contributed by atoms with Gasteiger partial charge in [-0.1, -0.05) is 18.2 Å². The van der Waals surface area contributed by atoms with Crippen LogP contribution < -0.4 is 4.74 Å². The third kappa shape index (κ3) is 3.08. The Bertz CT molecular complexity index is 320. The van der Waals surface area contributed by atoms with E-state index in [0.29, 0.717) is 6.29 Å². The lowest BCUT2D eigenvalue weighted by molar-refractivity contribution is -0.274. The van der Waals surface area contributed by atoms with E-state index in [4.69, 9.17) is 0 Å². The predicted molar refractivity (Wildman–Crippen MR) is 42.9 cm³/mol. The minimum Gasteiger partial charge on any atom is -0.405 e. The molecule has 0 saturated carbocycles. The Morgan fingerprint density at radius 1 is 1.29 bits per heavy atom. The van der Waals surface area contributed by atoms with Gasteiger partial charge in [0.2, 0.25) is 0 Å². The molecule has 0 amide bonds. The Morgan fingerprint density at radius 2 is 1.93 bits per heavy atom. The lowest BCUT2D eigenvalue weighted by Gasteiger charge is -2.11. The van der Waals surface area contributed by atoms with Crippen LogP contribution in [0, 0.1) is 0 Å². The zero-order valence-electron chi connectivity index (χ0n) is 7.04. The lowest BCUT2D eigenvalue weighted by atomic mass is 10.1. The van der Waals surface area contributed by atoms with Gasteiger partial charge in [-0.2, -0.15) is 0 Å². The smallest absolute Gasteiger partial charge is 0.405 e. The molecule has 2 nitrogen and oxygen atoms in total. The SMILES string of the molecule is O=CCc1ccccc1OC(F)(F)F. The van der Waals surface area contributed by atoms with E-state index in [2.05, 4.69) is 4.74 Å². The van der Waals surface area contributed by atoms with Crippen LogP contribution in [0.15, 0.2) is 24.3 Å². The van der Waals surface area contributed by atoms with E-state index in [1.807, 2.05) is 0 Å². The molecular weight excluding hydrogens is 197 g/mol. The molecule has 0 aromatic heterocycles. The molecule has 0 heterocycles. The molecule has 14 heavy (non-hydrogen) atoms. The van der Waals surface area contributed by atoms with Crippen molar-refractivity contribution in [1.29, 1.82) is 0 Å². The molecule has 0 saturated heterocycles. The Hall–Kier alpha value is -1.52. The molecule has 1 aromatic rings. The third-order valence-electron chi connectivity index (χ3n) is 1.50. The topological polar surface area (TPSA) is 26.3 Å². The van der Waals surface area contributed by atoms with Gasteiger partial charge < -0.3 is 9.53 Å². The van der Waals surface area contributed by atoms with E-state index < -0.39 is 6.36 Å². The molecule has 0 fully saturated rings. The second-order valence-electron chi connectivity index (χ2n) is 2.53. The largest absolute Gasteiger partial charge is 0.573 e. The molecule has 1 rings (SSSR count). The number of halogens is 3. The fraction of sp³-hybridized carbons (Fsp3) is 0.222. The number of ether oxygens (including phenoxy) is 1. The predicted octanol–water partition coefficient (Wildman–Crippen LogP) is 2.33. The highest BCUT2D eigenvalue weighted by Gasteiger charge is 2.31. The Kier molecular flexibility index (Phi) is 3.11. The number of hydrogen-bond donors (Lipinski definition) is 0. The number of para-hydroxylation sites is 1. The number of carbonyl (C=O) groups excluding carboxylic acids is 1. The van der Waals surface area contributed by atoms with Crippen molar-refractivity contribution in [1.82, 2.24) is 0 Å². The van der Waals surface area contributed by atoms with E-state index in [-0.39, 0.29) is 17.7 Å². The van der Waals surface area contributed by atoms with Crippen molar-refractivity contribution < 1.29 is 22.7 Å². The Labute approximate surface area is 78.3 Å². The first kappa shape index (κ1) is 10.6. The van der Waals surface area contributed by atoms with E-state index in [0.717, 1.165) is 0 Å². The highest BCUT2D eigenvalue weighted by atomic mass is 19.4. The second kappa shape index (κ2) is 4.13. The average Bonchev–Trinajstić information content (AvgIpc) is 2.06. The van der Waals surface area contributed by atoms with Crippen molar-refractivity contribution in [3.63, 3.8) is 0 Å². The van der Waals surface area contributed by atoms with E-state index in [9.17, 15) is 18.0 Å². The Morgan fingerprint density at radius 3 is 2.50 bits per heavy atom. The normalized spacial score (nSPS) is 11.1. The van der Waals surface area contributed by atoms with Crippen molar-refractivity contribution in [2.75, 3.05) is 0 Å². The van der Waals surface area contributed by atoms with Crippen molar-refractivity contribution in [3.05, 3.63) is 29.8 Å². The van der Waals surface area contributed by atoms with Crippen LogP contribution in [-0.4, -0.2) is 12.6 Å². The summed E-state index contributed by atoms with van der Waals surface area (Å²) in [6, 6.07) is 5.54. The minimum atomic E-state index is -4.72. The summed E-state index contributed by atoms with van der Waals surface area (Å²) < 4.78 is 39.3. The van der Waals surface area contributed by atoms with Gasteiger partial charge in [0.1, 0.15) is 12.0 Å². The van der Waals surface area contributed by atoms with Crippen molar-refractivity contribution in [3.8, 4) is 5.75 Å². The van der Waals surface area contributed by atoms with Crippen LogP contribution in [0.2, 0.25) is 0 Å². The van der Waals surface area contributed by atoms with Gasteiger partial charge in [-0.15, -0.1) is 13.2 Å². The fourth-order valence-corrected chi connectivity index (χ4v) is 0.986. The standard InChI is InChI=1S/C9H7F3O2/c10-9(11,12)14-8-4-2-1-3-7(8)5-6-13/h1-4,6H,5H2. The quantitative estimate of drug-likeness (QED) is 0.706. The minimum absolute atomic E-state index is 0.0910. The van der Waals surface area contributed by atoms with Crippen LogP contribution in [0.3, 0.4) is 0 Å². The summed E-state index contributed by atoms with van der Waals surface area (Å²) >= 11 is 0. The first-order valence-corrected chi connectivity index (χ1v) is 3.80. The van der Waals surface area contributed by atoms with Crippen LogP contribution in [0.1, 0.15) is 5.56 Å². The Balaban J connectivity index is 2.89. The monoisotopic (exact) mass is 204 g/mol. The van der Waals surface area contributed by atoms with Gasteiger partial charge in [0, 0.05) is 12.0 Å². The third-order valence-corrected chi connectivity index (χ3v) is 1.50. The number of hydrogen-bond acceptors (Lipinski definition) is 2. The number of carbonyl (C=O) groups is 1. The maximum atomic E-state index is 11.9. The van der Waals surface area contributed by atoms with Crippen molar-refractivity contribution in [2.45, 2.75) is 12.8 Å². The molecule has 0 aliphatic carbocycles. The first-order chi connectivity index (χ1) is 6.53.